The SMILES string of the molecule is CCCOc1ccc(NC(=O)N(CCN(C)C)Cc2ccccc2)cc1Cl. The highest BCUT2D eigenvalue weighted by Crippen LogP contribution is 2.28. The van der Waals surface area contributed by atoms with Gasteiger partial charge < -0.3 is 19.9 Å². The normalized spacial score (nSPS) is 10.7. The molecule has 2 rings (SSSR count). The van der Waals surface area contributed by atoms with Crippen molar-refractivity contribution in [2.75, 3.05) is 39.1 Å². The summed E-state index contributed by atoms with van der Waals surface area (Å²) in [6.45, 7) is 4.61. The Morgan fingerprint density at radius 1 is 1.11 bits per heavy atom. The van der Waals surface area contributed by atoms with Crippen molar-refractivity contribution in [1.29, 1.82) is 0 Å². The first-order valence-corrected chi connectivity index (χ1v) is 9.54. The molecule has 0 saturated carbocycles. The number of hydrogen-bond donors (Lipinski definition) is 1. The lowest BCUT2D eigenvalue weighted by atomic mass is 10.2. The highest BCUT2D eigenvalue weighted by atomic mass is 35.5. The third-order valence-corrected chi connectivity index (χ3v) is 4.26. The van der Waals surface area contributed by atoms with Crippen LogP contribution in [-0.4, -0.2) is 49.6 Å². The zero-order chi connectivity index (χ0) is 19.6. The number of nitrogens with one attached hydrogen (secondary N) is 1. The van der Waals surface area contributed by atoms with Crippen LogP contribution in [0.2, 0.25) is 5.02 Å². The van der Waals surface area contributed by atoms with Crippen molar-refractivity contribution in [2.45, 2.75) is 19.9 Å². The fraction of sp³-hybridized carbons (Fsp3) is 0.381. The van der Waals surface area contributed by atoms with E-state index in [1.807, 2.05) is 51.4 Å². The van der Waals surface area contributed by atoms with Gasteiger partial charge in [0.25, 0.3) is 0 Å². The molecular weight excluding hydrogens is 362 g/mol. The van der Waals surface area contributed by atoms with Crippen LogP contribution in [0, 0.1) is 0 Å². The number of rotatable bonds is 9. The van der Waals surface area contributed by atoms with E-state index in [0.717, 1.165) is 18.5 Å². The molecule has 0 spiro atoms. The molecule has 0 atom stereocenters. The Morgan fingerprint density at radius 3 is 2.48 bits per heavy atom. The minimum Gasteiger partial charge on any atom is -0.492 e. The van der Waals surface area contributed by atoms with Crippen LogP contribution in [0.3, 0.4) is 0 Å². The number of benzene rings is 2. The third-order valence-electron chi connectivity index (χ3n) is 3.97. The van der Waals surface area contributed by atoms with E-state index in [1.54, 1.807) is 23.1 Å². The van der Waals surface area contributed by atoms with E-state index in [9.17, 15) is 4.79 Å². The van der Waals surface area contributed by atoms with Gasteiger partial charge in [-0.05, 0) is 44.3 Å². The first-order chi connectivity index (χ1) is 13.0. The van der Waals surface area contributed by atoms with Gasteiger partial charge in [0.05, 0.1) is 11.6 Å². The maximum Gasteiger partial charge on any atom is 0.322 e. The molecule has 0 fully saturated rings. The molecule has 0 heterocycles. The molecule has 146 valence electrons. The third kappa shape index (κ3) is 7.12. The quantitative estimate of drug-likeness (QED) is 0.674. The molecule has 5 nitrogen and oxygen atoms in total. The summed E-state index contributed by atoms with van der Waals surface area (Å²) in [6.07, 6.45) is 0.912. The molecule has 0 bridgehead atoms. The van der Waals surface area contributed by atoms with Crippen molar-refractivity contribution < 1.29 is 9.53 Å². The first kappa shape index (κ1) is 21.1. The van der Waals surface area contributed by atoms with Gasteiger partial charge in [-0.25, -0.2) is 4.79 Å². The number of halogens is 1. The zero-order valence-corrected chi connectivity index (χ0v) is 17.0. The predicted molar refractivity (Wildman–Crippen MR) is 112 cm³/mol. The number of ether oxygens (including phenoxy) is 1. The molecule has 0 aromatic heterocycles. The Morgan fingerprint density at radius 2 is 1.85 bits per heavy atom. The average Bonchev–Trinajstić information content (AvgIpc) is 2.65. The largest absolute Gasteiger partial charge is 0.492 e. The molecule has 0 aliphatic rings. The molecule has 0 saturated heterocycles. The second kappa shape index (κ2) is 10.8. The van der Waals surface area contributed by atoms with E-state index in [4.69, 9.17) is 16.3 Å². The number of hydrogen-bond acceptors (Lipinski definition) is 3. The van der Waals surface area contributed by atoms with Crippen LogP contribution in [0.4, 0.5) is 10.5 Å². The summed E-state index contributed by atoms with van der Waals surface area (Å²) >= 11 is 6.26. The summed E-state index contributed by atoms with van der Waals surface area (Å²) in [7, 11) is 3.99. The van der Waals surface area contributed by atoms with Gasteiger partial charge >= 0.3 is 6.03 Å². The van der Waals surface area contributed by atoms with E-state index >= 15 is 0 Å². The van der Waals surface area contributed by atoms with Crippen molar-refractivity contribution in [3.8, 4) is 5.75 Å². The Bertz CT molecular complexity index is 723. The van der Waals surface area contributed by atoms with E-state index in [2.05, 4.69) is 10.2 Å². The maximum absolute atomic E-state index is 12.8. The number of urea groups is 1. The number of nitrogens with zero attached hydrogens (tertiary/aromatic N) is 2. The van der Waals surface area contributed by atoms with Crippen LogP contribution in [0.5, 0.6) is 5.75 Å². The number of carbonyl (C=O) groups is 1. The molecule has 6 heteroatoms. The summed E-state index contributed by atoms with van der Waals surface area (Å²) in [5.41, 5.74) is 1.74. The van der Waals surface area contributed by atoms with Crippen LogP contribution in [-0.2, 0) is 6.54 Å². The van der Waals surface area contributed by atoms with Crippen LogP contribution < -0.4 is 10.1 Å². The van der Waals surface area contributed by atoms with E-state index in [-0.39, 0.29) is 6.03 Å². The van der Waals surface area contributed by atoms with E-state index in [1.165, 1.54) is 0 Å². The Hall–Kier alpha value is -2.24. The van der Waals surface area contributed by atoms with Crippen molar-refractivity contribution in [3.63, 3.8) is 0 Å². The predicted octanol–water partition coefficient (Wildman–Crippen LogP) is 4.72. The summed E-state index contributed by atoms with van der Waals surface area (Å²) in [5.74, 6) is 0.630. The Balaban J connectivity index is 2.06. The lowest BCUT2D eigenvalue weighted by molar-refractivity contribution is 0.202. The smallest absolute Gasteiger partial charge is 0.322 e. The molecule has 2 aromatic carbocycles. The standard InChI is InChI=1S/C21H28ClN3O2/c1-4-14-27-20-11-10-18(15-19(20)22)23-21(26)25(13-12-24(2)3)16-17-8-6-5-7-9-17/h5-11,15H,4,12-14,16H2,1-3H3,(H,23,26). The van der Waals surface area contributed by atoms with Crippen molar-refractivity contribution in [1.82, 2.24) is 9.80 Å². The minimum absolute atomic E-state index is 0.154. The molecule has 0 aliphatic carbocycles. The van der Waals surface area contributed by atoms with Gasteiger partial charge in [-0.1, -0.05) is 48.9 Å². The number of likely N-dealkylation sites (N-methyl/N-ethyl adjacent to an activating group) is 1. The van der Waals surface area contributed by atoms with Crippen molar-refractivity contribution >= 4 is 23.3 Å². The van der Waals surface area contributed by atoms with E-state index < -0.39 is 0 Å². The minimum atomic E-state index is -0.154. The molecule has 2 aromatic rings. The maximum atomic E-state index is 12.8. The summed E-state index contributed by atoms with van der Waals surface area (Å²) in [6, 6.07) is 15.1. The van der Waals surface area contributed by atoms with E-state index in [0.29, 0.717) is 36.2 Å². The highest BCUT2D eigenvalue weighted by Gasteiger charge is 2.15. The molecule has 0 radical (unpaired) electrons. The monoisotopic (exact) mass is 389 g/mol. The molecule has 2 amide bonds. The number of carbonyl (C=O) groups excluding carboxylic acids is 1. The van der Waals surface area contributed by atoms with Gasteiger partial charge in [0.15, 0.2) is 0 Å². The van der Waals surface area contributed by atoms with Gasteiger partial charge in [-0.2, -0.15) is 0 Å². The summed E-state index contributed by atoms with van der Waals surface area (Å²) < 4.78 is 5.58. The topological polar surface area (TPSA) is 44.8 Å². The van der Waals surface area contributed by atoms with Gasteiger partial charge in [0, 0.05) is 25.3 Å². The van der Waals surface area contributed by atoms with Crippen molar-refractivity contribution in [2.24, 2.45) is 0 Å². The van der Waals surface area contributed by atoms with Crippen LogP contribution >= 0.6 is 11.6 Å². The molecule has 0 unspecified atom stereocenters. The Kier molecular flexibility index (Phi) is 8.43. The fourth-order valence-corrected chi connectivity index (χ4v) is 2.72. The highest BCUT2D eigenvalue weighted by molar-refractivity contribution is 6.32. The van der Waals surface area contributed by atoms with Gasteiger partial charge in [-0.15, -0.1) is 0 Å². The Labute approximate surface area is 166 Å². The van der Waals surface area contributed by atoms with Gasteiger partial charge in [-0.3, -0.25) is 0 Å². The molecule has 0 aliphatic heterocycles. The molecular formula is C21H28ClN3O2. The van der Waals surface area contributed by atoms with Crippen LogP contribution in [0.25, 0.3) is 0 Å². The first-order valence-electron chi connectivity index (χ1n) is 9.16. The van der Waals surface area contributed by atoms with Crippen LogP contribution in [0.15, 0.2) is 48.5 Å². The second-order valence-electron chi connectivity index (χ2n) is 6.63. The summed E-state index contributed by atoms with van der Waals surface area (Å²) in [4.78, 5) is 16.7. The average molecular weight is 390 g/mol. The van der Waals surface area contributed by atoms with Gasteiger partial charge in [0.2, 0.25) is 0 Å². The zero-order valence-electron chi connectivity index (χ0n) is 16.2. The lowest BCUT2D eigenvalue weighted by Gasteiger charge is -2.25. The molecule has 27 heavy (non-hydrogen) atoms. The number of amides is 2. The van der Waals surface area contributed by atoms with Gasteiger partial charge in [0.1, 0.15) is 5.75 Å². The lowest BCUT2D eigenvalue weighted by Crippen LogP contribution is -2.39. The van der Waals surface area contributed by atoms with Crippen LogP contribution in [0.1, 0.15) is 18.9 Å². The van der Waals surface area contributed by atoms with Crippen molar-refractivity contribution in [3.05, 3.63) is 59.1 Å². The fourth-order valence-electron chi connectivity index (χ4n) is 2.49. The summed E-state index contributed by atoms with van der Waals surface area (Å²) in [5, 5.41) is 3.43. The molecule has 1 N–H and O–H groups in total. The second-order valence-corrected chi connectivity index (χ2v) is 7.04. The number of anilines is 1.